The van der Waals surface area contributed by atoms with Gasteiger partial charge in [0, 0.05) is 6.42 Å². The monoisotopic (exact) mass is 294 g/mol. The van der Waals surface area contributed by atoms with E-state index in [1.165, 1.54) is 18.2 Å². The summed E-state index contributed by atoms with van der Waals surface area (Å²) in [6, 6.07) is 10.9. The molecule has 2 rings (SSSR count). The lowest BCUT2D eigenvalue weighted by Crippen LogP contribution is -2.14. The lowest BCUT2D eigenvalue weighted by atomic mass is 9.92. The van der Waals surface area contributed by atoms with E-state index in [0.29, 0.717) is 0 Å². The number of benzene rings is 2. The topological polar surface area (TPSA) is 20.2 Å². The second kappa shape index (κ2) is 5.90. The molecular weight excluding hydrogens is 277 g/mol. The van der Waals surface area contributed by atoms with Gasteiger partial charge in [-0.05, 0) is 42.2 Å². The number of rotatable bonds is 3. The molecule has 0 aliphatic heterocycles. The summed E-state index contributed by atoms with van der Waals surface area (Å²) < 4.78 is 39.0. The van der Waals surface area contributed by atoms with Crippen LogP contribution in [-0.4, -0.2) is 5.11 Å². The Balaban J connectivity index is 2.36. The zero-order chi connectivity index (χ0) is 15.6. The minimum atomic E-state index is -4.46. The Labute approximate surface area is 122 Å². The van der Waals surface area contributed by atoms with Gasteiger partial charge in [-0.3, -0.25) is 0 Å². The van der Waals surface area contributed by atoms with Gasteiger partial charge in [0.1, 0.15) is 0 Å². The molecule has 0 aromatic heterocycles. The second-order valence-electron chi connectivity index (χ2n) is 5.18. The van der Waals surface area contributed by atoms with Crippen molar-refractivity contribution in [3.63, 3.8) is 0 Å². The highest BCUT2D eigenvalue weighted by Gasteiger charge is 2.34. The van der Waals surface area contributed by atoms with Crippen LogP contribution >= 0.6 is 0 Å². The summed E-state index contributed by atoms with van der Waals surface area (Å²) in [4.78, 5) is 0. The van der Waals surface area contributed by atoms with Gasteiger partial charge < -0.3 is 5.11 Å². The third-order valence-electron chi connectivity index (χ3n) is 3.67. The first kappa shape index (κ1) is 15.6. The summed E-state index contributed by atoms with van der Waals surface area (Å²) in [5, 5.41) is 10.3. The van der Waals surface area contributed by atoms with E-state index in [9.17, 15) is 18.3 Å². The quantitative estimate of drug-likeness (QED) is 0.877. The number of aliphatic hydroxyl groups is 1. The largest absolute Gasteiger partial charge is 0.416 e. The fourth-order valence-electron chi connectivity index (χ4n) is 2.52. The van der Waals surface area contributed by atoms with E-state index < -0.39 is 17.8 Å². The van der Waals surface area contributed by atoms with Crippen LogP contribution in [0.2, 0.25) is 0 Å². The van der Waals surface area contributed by atoms with Gasteiger partial charge in [-0.2, -0.15) is 13.2 Å². The van der Waals surface area contributed by atoms with Crippen LogP contribution in [0.1, 0.15) is 33.9 Å². The summed E-state index contributed by atoms with van der Waals surface area (Å²) >= 11 is 0. The highest BCUT2D eigenvalue weighted by molar-refractivity contribution is 5.37. The number of hydrogen-bond acceptors (Lipinski definition) is 1. The third-order valence-corrected chi connectivity index (χ3v) is 3.67. The lowest BCUT2D eigenvalue weighted by molar-refractivity contribution is -0.139. The van der Waals surface area contributed by atoms with E-state index in [0.717, 1.165) is 22.8 Å². The predicted molar refractivity (Wildman–Crippen MR) is 76.0 cm³/mol. The van der Waals surface area contributed by atoms with Crippen LogP contribution in [0.15, 0.2) is 42.5 Å². The fraction of sp³-hybridized carbons (Fsp3) is 0.294. The first-order chi connectivity index (χ1) is 9.80. The van der Waals surface area contributed by atoms with E-state index in [2.05, 4.69) is 0 Å². The number of halogens is 3. The molecule has 0 fully saturated rings. The standard InChI is InChI=1S/C17H17F3O/c1-11-6-5-7-12(2)14(11)10-16(21)13-8-3-4-9-15(13)17(18,19)20/h3-9,16,21H,10H2,1-2H3. The smallest absolute Gasteiger partial charge is 0.388 e. The van der Waals surface area contributed by atoms with Crippen LogP contribution < -0.4 is 0 Å². The SMILES string of the molecule is Cc1cccc(C)c1CC(O)c1ccccc1C(F)(F)F. The first-order valence-electron chi connectivity index (χ1n) is 6.70. The van der Waals surface area contributed by atoms with Gasteiger partial charge >= 0.3 is 6.18 Å². The molecule has 0 heterocycles. The molecule has 1 unspecified atom stereocenters. The van der Waals surface area contributed by atoms with Crippen molar-refractivity contribution in [2.24, 2.45) is 0 Å². The van der Waals surface area contributed by atoms with E-state index in [-0.39, 0.29) is 12.0 Å². The molecule has 2 aromatic carbocycles. The van der Waals surface area contributed by atoms with E-state index in [1.54, 1.807) is 0 Å². The molecule has 0 saturated carbocycles. The van der Waals surface area contributed by atoms with Crippen molar-refractivity contribution < 1.29 is 18.3 Å². The highest BCUT2D eigenvalue weighted by atomic mass is 19.4. The van der Waals surface area contributed by atoms with Gasteiger partial charge in [0.2, 0.25) is 0 Å². The van der Waals surface area contributed by atoms with Gasteiger partial charge in [0.05, 0.1) is 11.7 Å². The summed E-state index contributed by atoms with van der Waals surface area (Å²) in [5.41, 5.74) is 1.98. The van der Waals surface area contributed by atoms with Gasteiger partial charge in [-0.15, -0.1) is 0 Å². The van der Waals surface area contributed by atoms with Crippen LogP contribution in [0.4, 0.5) is 13.2 Å². The van der Waals surface area contributed by atoms with Crippen molar-refractivity contribution in [2.75, 3.05) is 0 Å². The highest BCUT2D eigenvalue weighted by Crippen LogP contribution is 2.35. The number of alkyl halides is 3. The van der Waals surface area contributed by atoms with Crippen molar-refractivity contribution in [2.45, 2.75) is 32.5 Å². The summed E-state index contributed by atoms with van der Waals surface area (Å²) in [7, 11) is 0. The van der Waals surface area contributed by atoms with Crippen LogP contribution in [0.25, 0.3) is 0 Å². The Kier molecular flexibility index (Phi) is 4.37. The minimum absolute atomic E-state index is 0.0762. The van der Waals surface area contributed by atoms with Crippen LogP contribution in [0.5, 0.6) is 0 Å². The molecule has 0 aliphatic carbocycles. The van der Waals surface area contributed by atoms with E-state index in [4.69, 9.17) is 0 Å². The van der Waals surface area contributed by atoms with E-state index in [1.807, 2.05) is 32.0 Å². The second-order valence-corrected chi connectivity index (χ2v) is 5.18. The zero-order valence-electron chi connectivity index (χ0n) is 11.9. The normalized spacial score (nSPS) is 13.2. The molecule has 0 saturated heterocycles. The molecular formula is C17H17F3O. The Hall–Kier alpha value is -1.81. The van der Waals surface area contributed by atoms with Gasteiger partial charge in [0.15, 0.2) is 0 Å². The van der Waals surface area contributed by atoms with Gasteiger partial charge in [0.25, 0.3) is 0 Å². The lowest BCUT2D eigenvalue weighted by Gasteiger charge is -2.19. The minimum Gasteiger partial charge on any atom is -0.388 e. The maximum Gasteiger partial charge on any atom is 0.416 e. The van der Waals surface area contributed by atoms with Crippen molar-refractivity contribution >= 4 is 0 Å². The molecule has 0 bridgehead atoms. The molecule has 112 valence electrons. The Morgan fingerprint density at radius 2 is 1.52 bits per heavy atom. The molecule has 1 nitrogen and oxygen atoms in total. The molecule has 0 spiro atoms. The Bertz CT molecular complexity index is 612. The maximum absolute atomic E-state index is 13.0. The van der Waals surface area contributed by atoms with Crippen molar-refractivity contribution in [1.29, 1.82) is 0 Å². The fourth-order valence-corrected chi connectivity index (χ4v) is 2.52. The van der Waals surface area contributed by atoms with Crippen molar-refractivity contribution in [1.82, 2.24) is 0 Å². The summed E-state index contributed by atoms with van der Waals surface area (Å²) in [6.07, 6.45) is -5.47. The molecule has 0 amide bonds. The molecule has 1 N–H and O–H groups in total. The predicted octanol–water partition coefficient (Wildman–Crippen LogP) is 4.60. The van der Waals surface area contributed by atoms with Gasteiger partial charge in [-0.1, -0.05) is 36.4 Å². The van der Waals surface area contributed by atoms with Crippen molar-refractivity contribution in [3.8, 4) is 0 Å². The molecule has 0 aliphatic rings. The first-order valence-corrected chi connectivity index (χ1v) is 6.70. The van der Waals surface area contributed by atoms with Crippen molar-refractivity contribution in [3.05, 3.63) is 70.3 Å². The molecule has 4 heteroatoms. The Morgan fingerprint density at radius 3 is 2.10 bits per heavy atom. The average molecular weight is 294 g/mol. The zero-order valence-corrected chi connectivity index (χ0v) is 11.9. The van der Waals surface area contributed by atoms with Crippen LogP contribution in [0, 0.1) is 13.8 Å². The van der Waals surface area contributed by atoms with E-state index >= 15 is 0 Å². The molecule has 2 aromatic rings. The number of aliphatic hydroxyl groups excluding tert-OH is 1. The summed E-state index contributed by atoms with van der Waals surface area (Å²) in [6.45, 7) is 3.79. The third kappa shape index (κ3) is 3.45. The number of aryl methyl sites for hydroxylation is 2. The van der Waals surface area contributed by atoms with Gasteiger partial charge in [-0.25, -0.2) is 0 Å². The van der Waals surface area contributed by atoms with Crippen LogP contribution in [-0.2, 0) is 12.6 Å². The Morgan fingerprint density at radius 1 is 0.952 bits per heavy atom. The molecule has 21 heavy (non-hydrogen) atoms. The van der Waals surface area contributed by atoms with Crippen LogP contribution in [0.3, 0.4) is 0 Å². The number of hydrogen-bond donors (Lipinski definition) is 1. The molecule has 1 atom stereocenters. The maximum atomic E-state index is 13.0. The average Bonchev–Trinajstić information content (AvgIpc) is 2.42. The molecule has 0 radical (unpaired) electrons. The summed E-state index contributed by atoms with van der Waals surface area (Å²) in [5.74, 6) is 0.